The van der Waals surface area contributed by atoms with Crippen LogP contribution < -0.4 is 11.1 Å². The second kappa shape index (κ2) is 8.63. The van der Waals surface area contributed by atoms with Crippen LogP contribution in [0.25, 0.3) is 0 Å². The molecule has 1 unspecified atom stereocenters. The van der Waals surface area contributed by atoms with Crippen molar-refractivity contribution < 1.29 is 9.59 Å². The van der Waals surface area contributed by atoms with Gasteiger partial charge in [0.05, 0.1) is 5.92 Å². The Bertz CT molecular complexity index is 522. The van der Waals surface area contributed by atoms with Gasteiger partial charge in [-0.2, -0.15) is 0 Å². The molecule has 122 valence electrons. The molecule has 0 aliphatic carbocycles. The number of nitrogen functional groups attached to an aromatic ring is 1. The maximum Gasteiger partial charge on any atom is 0.224 e. The van der Waals surface area contributed by atoms with Crippen LogP contribution in [0, 0.1) is 5.92 Å². The first-order chi connectivity index (χ1) is 10.1. The van der Waals surface area contributed by atoms with Crippen LogP contribution in [0.1, 0.15) is 24.8 Å². The van der Waals surface area contributed by atoms with Crippen molar-refractivity contribution >= 4 is 29.9 Å². The Labute approximate surface area is 137 Å². The first-order valence-electron chi connectivity index (χ1n) is 7.44. The summed E-state index contributed by atoms with van der Waals surface area (Å²) in [6, 6.07) is 7.62. The summed E-state index contributed by atoms with van der Waals surface area (Å²) in [7, 11) is 1.64. The molecule has 1 saturated heterocycles. The molecule has 1 aliphatic rings. The van der Waals surface area contributed by atoms with Crippen LogP contribution in [0.5, 0.6) is 0 Å². The van der Waals surface area contributed by atoms with E-state index in [-0.39, 0.29) is 30.1 Å². The molecular formula is C16H24ClN3O2. The highest BCUT2D eigenvalue weighted by Crippen LogP contribution is 2.19. The zero-order valence-corrected chi connectivity index (χ0v) is 13.7. The Balaban J connectivity index is 0.00000242. The van der Waals surface area contributed by atoms with Crippen LogP contribution >= 0.6 is 12.4 Å². The number of carbonyl (C=O) groups is 2. The molecule has 6 heteroatoms. The van der Waals surface area contributed by atoms with Crippen molar-refractivity contribution in [1.29, 1.82) is 0 Å². The van der Waals surface area contributed by atoms with E-state index in [4.69, 9.17) is 5.73 Å². The van der Waals surface area contributed by atoms with Crippen molar-refractivity contribution in [3.63, 3.8) is 0 Å². The van der Waals surface area contributed by atoms with E-state index in [0.717, 1.165) is 30.6 Å². The van der Waals surface area contributed by atoms with E-state index in [1.807, 2.05) is 29.2 Å². The molecule has 0 aromatic heterocycles. The van der Waals surface area contributed by atoms with Crippen molar-refractivity contribution in [1.82, 2.24) is 10.2 Å². The second-order valence-electron chi connectivity index (χ2n) is 5.49. The lowest BCUT2D eigenvalue weighted by atomic mass is 9.96. The lowest BCUT2D eigenvalue weighted by Gasteiger charge is -2.32. The number of hydrogen-bond donors (Lipinski definition) is 2. The minimum atomic E-state index is -0.0745. The molecule has 0 bridgehead atoms. The molecule has 1 aromatic rings. The van der Waals surface area contributed by atoms with Gasteiger partial charge in [-0.3, -0.25) is 9.59 Å². The van der Waals surface area contributed by atoms with Crippen LogP contribution in [0.4, 0.5) is 5.69 Å². The first-order valence-corrected chi connectivity index (χ1v) is 7.44. The fourth-order valence-corrected chi connectivity index (χ4v) is 2.78. The molecule has 2 rings (SSSR count). The summed E-state index contributed by atoms with van der Waals surface area (Å²) in [6.07, 6.45) is 2.83. The number of benzene rings is 1. The normalized spacial score (nSPS) is 17.5. The van der Waals surface area contributed by atoms with Gasteiger partial charge in [0, 0.05) is 32.2 Å². The van der Waals surface area contributed by atoms with Gasteiger partial charge >= 0.3 is 0 Å². The number of anilines is 1. The molecule has 0 spiro atoms. The Morgan fingerprint density at radius 3 is 2.77 bits per heavy atom. The van der Waals surface area contributed by atoms with Gasteiger partial charge in [0.15, 0.2) is 0 Å². The Hall–Kier alpha value is -1.75. The molecule has 5 nitrogen and oxygen atoms in total. The van der Waals surface area contributed by atoms with Crippen LogP contribution in [-0.4, -0.2) is 36.9 Å². The molecule has 1 heterocycles. The van der Waals surface area contributed by atoms with Gasteiger partial charge in [0.1, 0.15) is 0 Å². The fourth-order valence-electron chi connectivity index (χ4n) is 2.78. The quantitative estimate of drug-likeness (QED) is 0.826. The molecule has 0 radical (unpaired) electrons. The van der Waals surface area contributed by atoms with Crippen LogP contribution in [0.15, 0.2) is 24.3 Å². The standard InChI is InChI=1S/C16H23N3O2.ClH/c1-18-16(21)13-6-4-10-19(11-13)15(20)9-8-12-5-2-3-7-14(12)17;/h2-3,5,7,13H,4,6,8-11,17H2,1H3,(H,18,21);1H. The smallest absolute Gasteiger partial charge is 0.224 e. The number of piperidine rings is 1. The molecule has 1 aliphatic heterocycles. The molecule has 22 heavy (non-hydrogen) atoms. The maximum absolute atomic E-state index is 12.3. The van der Waals surface area contributed by atoms with E-state index in [1.165, 1.54) is 0 Å². The van der Waals surface area contributed by atoms with Crippen molar-refractivity contribution in [2.45, 2.75) is 25.7 Å². The highest BCUT2D eigenvalue weighted by atomic mass is 35.5. The van der Waals surface area contributed by atoms with Gasteiger partial charge in [0.2, 0.25) is 11.8 Å². The van der Waals surface area contributed by atoms with Gasteiger partial charge in [0.25, 0.3) is 0 Å². The zero-order chi connectivity index (χ0) is 15.2. The summed E-state index contributed by atoms with van der Waals surface area (Å²) < 4.78 is 0. The lowest BCUT2D eigenvalue weighted by Crippen LogP contribution is -2.44. The van der Waals surface area contributed by atoms with Crippen LogP contribution in [0.2, 0.25) is 0 Å². The van der Waals surface area contributed by atoms with E-state index in [0.29, 0.717) is 19.4 Å². The highest BCUT2D eigenvalue weighted by Gasteiger charge is 2.27. The van der Waals surface area contributed by atoms with Gasteiger partial charge in [-0.25, -0.2) is 0 Å². The third kappa shape index (κ3) is 4.63. The third-order valence-corrected chi connectivity index (χ3v) is 4.05. The average Bonchev–Trinajstić information content (AvgIpc) is 2.53. The number of aryl methyl sites for hydroxylation is 1. The summed E-state index contributed by atoms with van der Waals surface area (Å²) in [6.45, 7) is 1.28. The Morgan fingerprint density at radius 1 is 1.36 bits per heavy atom. The van der Waals surface area contributed by atoms with Gasteiger partial charge in [-0.05, 0) is 30.9 Å². The molecule has 1 aromatic carbocycles. The number of nitrogens with zero attached hydrogens (tertiary/aromatic N) is 1. The number of halogens is 1. The summed E-state index contributed by atoms with van der Waals surface area (Å²) in [5.41, 5.74) is 7.62. The van der Waals surface area contributed by atoms with Crippen LogP contribution in [-0.2, 0) is 16.0 Å². The van der Waals surface area contributed by atoms with Gasteiger partial charge in [-0.1, -0.05) is 18.2 Å². The van der Waals surface area contributed by atoms with E-state index < -0.39 is 0 Å². The van der Waals surface area contributed by atoms with E-state index in [2.05, 4.69) is 5.32 Å². The largest absolute Gasteiger partial charge is 0.399 e. The Kier molecular flexibility index (Phi) is 7.18. The average molecular weight is 326 g/mol. The fraction of sp³-hybridized carbons (Fsp3) is 0.500. The molecule has 2 amide bonds. The van der Waals surface area contributed by atoms with Gasteiger partial charge in [-0.15, -0.1) is 12.4 Å². The predicted molar refractivity (Wildman–Crippen MR) is 89.8 cm³/mol. The maximum atomic E-state index is 12.3. The minimum absolute atomic E-state index is 0. The second-order valence-corrected chi connectivity index (χ2v) is 5.49. The molecule has 1 atom stereocenters. The number of carbonyl (C=O) groups excluding carboxylic acids is 2. The van der Waals surface area contributed by atoms with Crippen molar-refractivity contribution in [3.05, 3.63) is 29.8 Å². The first kappa shape index (κ1) is 18.3. The molecule has 0 saturated carbocycles. The topological polar surface area (TPSA) is 75.4 Å². The number of likely N-dealkylation sites (tertiary alicyclic amines) is 1. The minimum Gasteiger partial charge on any atom is -0.399 e. The summed E-state index contributed by atoms with van der Waals surface area (Å²) in [5.74, 6) is 0.0566. The summed E-state index contributed by atoms with van der Waals surface area (Å²) >= 11 is 0. The number of rotatable bonds is 4. The van der Waals surface area contributed by atoms with E-state index in [1.54, 1.807) is 7.05 Å². The highest BCUT2D eigenvalue weighted by molar-refractivity contribution is 5.85. The number of hydrogen-bond acceptors (Lipinski definition) is 3. The zero-order valence-electron chi connectivity index (χ0n) is 12.9. The molecule has 3 N–H and O–H groups in total. The van der Waals surface area contributed by atoms with Crippen molar-refractivity contribution in [3.8, 4) is 0 Å². The van der Waals surface area contributed by atoms with E-state index >= 15 is 0 Å². The number of para-hydroxylation sites is 1. The van der Waals surface area contributed by atoms with Crippen molar-refractivity contribution in [2.24, 2.45) is 5.92 Å². The number of nitrogens with one attached hydrogen (secondary N) is 1. The number of amides is 2. The third-order valence-electron chi connectivity index (χ3n) is 4.05. The number of nitrogens with two attached hydrogens (primary N) is 1. The van der Waals surface area contributed by atoms with Crippen molar-refractivity contribution in [2.75, 3.05) is 25.9 Å². The van der Waals surface area contributed by atoms with Crippen LogP contribution in [0.3, 0.4) is 0 Å². The monoisotopic (exact) mass is 325 g/mol. The van der Waals surface area contributed by atoms with Gasteiger partial charge < -0.3 is 16.0 Å². The summed E-state index contributed by atoms with van der Waals surface area (Å²) in [4.78, 5) is 25.8. The molecule has 1 fully saturated rings. The summed E-state index contributed by atoms with van der Waals surface area (Å²) in [5, 5.41) is 2.67. The molecular weight excluding hydrogens is 302 g/mol. The predicted octanol–water partition coefficient (Wildman–Crippen LogP) is 1.61. The lowest BCUT2D eigenvalue weighted by molar-refractivity contribution is -0.135. The van der Waals surface area contributed by atoms with E-state index in [9.17, 15) is 9.59 Å². The SMILES string of the molecule is CNC(=O)C1CCCN(C(=O)CCc2ccccc2N)C1.Cl. The Morgan fingerprint density at radius 2 is 2.09 bits per heavy atom.